The summed E-state index contributed by atoms with van der Waals surface area (Å²) in [6, 6.07) is 12.6. The van der Waals surface area contributed by atoms with Crippen molar-refractivity contribution in [2.45, 2.75) is 42.7 Å². The average molecular weight is 393 g/mol. The molecule has 28 heavy (non-hydrogen) atoms. The SMILES string of the molecule is CC(C)c1nc(CC#N)n(Cc2cccnc2)c1Sc1cccc([N+](=O)[O-])c1. The van der Waals surface area contributed by atoms with E-state index in [0.29, 0.717) is 12.4 Å². The lowest BCUT2D eigenvalue weighted by Crippen LogP contribution is -2.06. The summed E-state index contributed by atoms with van der Waals surface area (Å²) in [5, 5.41) is 21.2. The molecular weight excluding hydrogens is 374 g/mol. The van der Waals surface area contributed by atoms with Crippen LogP contribution in [0.3, 0.4) is 0 Å². The smallest absolute Gasteiger partial charge is 0.270 e. The van der Waals surface area contributed by atoms with Crippen molar-refractivity contribution in [3.8, 4) is 6.07 Å². The standard InChI is InChI=1S/C20H19N5O2S/c1-14(2)19-20(28-17-7-3-6-16(11-17)25(26)27)24(18(23-19)8-9-21)13-15-5-4-10-22-12-15/h3-7,10-12,14H,8,13H2,1-2H3. The normalized spacial score (nSPS) is 10.8. The highest BCUT2D eigenvalue weighted by atomic mass is 32.2. The Morgan fingerprint density at radius 1 is 1.32 bits per heavy atom. The van der Waals surface area contributed by atoms with Gasteiger partial charge >= 0.3 is 0 Å². The monoisotopic (exact) mass is 393 g/mol. The van der Waals surface area contributed by atoms with Gasteiger partial charge in [0.2, 0.25) is 0 Å². The lowest BCUT2D eigenvalue weighted by Gasteiger charge is -2.13. The van der Waals surface area contributed by atoms with Crippen LogP contribution in [0.2, 0.25) is 0 Å². The summed E-state index contributed by atoms with van der Waals surface area (Å²) in [5.41, 5.74) is 1.92. The first-order chi connectivity index (χ1) is 13.5. The topological polar surface area (TPSA) is 97.6 Å². The summed E-state index contributed by atoms with van der Waals surface area (Å²) >= 11 is 1.43. The average Bonchev–Trinajstić information content (AvgIpc) is 3.01. The molecule has 2 heterocycles. The number of benzene rings is 1. The van der Waals surface area contributed by atoms with E-state index >= 15 is 0 Å². The number of hydrogen-bond acceptors (Lipinski definition) is 6. The van der Waals surface area contributed by atoms with Crippen LogP contribution in [0.4, 0.5) is 5.69 Å². The molecule has 0 aliphatic rings. The van der Waals surface area contributed by atoms with Gasteiger partial charge in [0.15, 0.2) is 0 Å². The molecule has 3 aromatic rings. The molecule has 1 aromatic carbocycles. The van der Waals surface area contributed by atoms with Crippen LogP contribution in [-0.2, 0) is 13.0 Å². The first kappa shape index (κ1) is 19.6. The van der Waals surface area contributed by atoms with E-state index in [1.807, 2.05) is 36.6 Å². The molecule has 0 saturated heterocycles. The Balaban J connectivity index is 2.08. The number of nitro benzene ring substituents is 1. The summed E-state index contributed by atoms with van der Waals surface area (Å²) in [6.45, 7) is 4.62. The number of nitriles is 1. The predicted octanol–water partition coefficient (Wildman–Crippen LogP) is 4.58. The van der Waals surface area contributed by atoms with E-state index in [1.54, 1.807) is 24.5 Å². The summed E-state index contributed by atoms with van der Waals surface area (Å²) in [6.07, 6.45) is 3.69. The van der Waals surface area contributed by atoms with Gasteiger partial charge in [0.05, 0.1) is 29.7 Å². The van der Waals surface area contributed by atoms with E-state index in [0.717, 1.165) is 21.2 Å². The Bertz CT molecular complexity index is 1020. The van der Waals surface area contributed by atoms with Crippen LogP contribution < -0.4 is 0 Å². The van der Waals surface area contributed by atoms with Crippen molar-refractivity contribution in [2.75, 3.05) is 0 Å². The molecule has 3 rings (SSSR count). The summed E-state index contributed by atoms with van der Waals surface area (Å²) < 4.78 is 2.01. The van der Waals surface area contributed by atoms with Gasteiger partial charge in [0.1, 0.15) is 10.9 Å². The number of nitro groups is 1. The third-order valence-corrected chi connectivity index (χ3v) is 5.23. The van der Waals surface area contributed by atoms with Gasteiger partial charge in [-0.1, -0.05) is 37.7 Å². The first-order valence-corrected chi connectivity index (χ1v) is 9.58. The van der Waals surface area contributed by atoms with E-state index in [4.69, 9.17) is 4.98 Å². The number of non-ortho nitro benzene ring substituents is 1. The van der Waals surface area contributed by atoms with Gasteiger partial charge in [-0.25, -0.2) is 4.98 Å². The quantitative estimate of drug-likeness (QED) is 0.431. The van der Waals surface area contributed by atoms with Gasteiger partial charge in [-0.15, -0.1) is 0 Å². The van der Waals surface area contributed by atoms with E-state index in [1.165, 1.54) is 17.8 Å². The van der Waals surface area contributed by atoms with E-state index in [9.17, 15) is 15.4 Å². The maximum atomic E-state index is 11.1. The number of rotatable bonds is 7. The zero-order valence-corrected chi connectivity index (χ0v) is 16.4. The number of aromatic nitrogens is 3. The van der Waals surface area contributed by atoms with Gasteiger partial charge in [0.25, 0.3) is 5.69 Å². The lowest BCUT2D eigenvalue weighted by molar-refractivity contribution is -0.385. The van der Waals surface area contributed by atoms with Gasteiger partial charge in [-0.05, 0) is 23.6 Å². The maximum absolute atomic E-state index is 11.1. The minimum Gasteiger partial charge on any atom is -0.317 e. The molecule has 0 amide bonds. The molecule has 0 aliphatic heterocycles. The Labute approximate surface area is 167 Å². The molecule has 7 nitrogen and oxygen atoms in total. The second-order valence-electron chi connectivity index (χ2n) is 6.51. The van der Waals surface area contributed by atoms with Crippen LogP contribution in [-0.4, -0.2) is 19.5 Å². The third-order valence-electron chi connectivity index (χ3n) is 4.12. The zero-order valence-electron chi connectivity index (χ0n) is 15.6. The molecule has 0 aliphatic carbocycles. The van der Waals surface area contributed by atoms with Crippen molar-refractivity contribution in [1.82, 2.24) is 14.5 Å². The molecule has 0 spiro atoms. The Hall–Kier alpha value is -3.18. The molecule has 0 unspecified atom stereocenters. The fraction of sp³-hybridized carbons (Fsp3) is 0.250. The first-order valence-electron chi connectivity index (χ1n) is 8.77. The van der Waals surface area contributed by atoms with Crippen LogP contribution in [0, 0.1) is 21.4 Å². The van der Waals surface area contributed by atoms with Crippen LogP contribution in [0.1, 0.15) is 36.8 Å². The van der Waals surface area contributed by atoms with Crippen molar-refractivity contribution in [2.24, 2.45) is 0 Å². The second-order valence-corrected chi connectivity index (χ2v) is 7.57. The van der Waals surface area contributed by atoms with Crippen molar-refractivity contribution in [3.63, 3.8) is 0 Å². The van der Waals surface area contributed by atoms with E-state index < -0.39 is 4.92 Å². The minimum atomic E-state index is -0.401. The third kappa shape index (κ3) is 4.38. The summed E-state index contributed by atoms with van der Waals surface area (Å²) in [5.74, 6) is 0.830. The van der Waals surface area contributed by atoms with Gasteiger partial charge in [-0.3, -0.25) is 15.1 Å². The molecule has 142 valence electrons. The van der Waals surface area contributed by atoms with Crippen molar-refractivity contribution >= 4 is 17.4 Å². The lowest BCUT2D eigenvalue weighted by atomic mass is 10.1. The van der Waals surface area contributed by atoms with Crippen LogP contribution in [0.15, 0.2) is 58.7 Å². The number of nitrogens with zero attached hydrogens (tertiary/aromatic N) is 5. The molecule has 0 N–H and O–H groups in total. The molecular formula is C20H19N5O2S. The van der Waals surface area contributed by atoms with E-state index in [-0.39, 0.29) is 18.0 Å². The molecule has 0 bridgehead atoms. The Kier molecular flexibility index (Phi) is 6.06. The number of imidazole rings is 1. The fourth-order valence-corrected chi connectivity index (χ4v) is 4.02. The highest BCUT2D eigenvalue weighted by molar-refractivity contribution is 7.99. The molecule has 0 atom stereocenters. The van der Waals surface area contributed by atoms with Crippen molar-refractivity contribution < 1.29 is 4.92 Å². The molecule has 2 aromatic heterocycles. The van der Waals surface area contributed by atoms with Gasteiger partial charge < -0.3 is 4.57 Å². The second kappa shape index (κ2) is 8.67. The largest absolute Gasteiger partial charge is 0.317 e. The van der Waals surface area contributed by atoms with Crippen molar-refractivity contribution in [3.05, 3.63) is 76.0 Å². The molecule has 8 heteroatoms. The molecule has 0 saturated carbocycles. The van der Waals surface area contributed by atoms with Gasteiger partial charge in [-0.2, -0.15) is 5.26 Å². The highest BCUT2D eigenvalue weighted by Gasteiger charge is 2.21. The van der Waals surface area contributed by atoms with E-state index in [2.05, 4.69) is 11.1 Å². The highest BCUT2D eigenvalue weighted by Crippen LogP contribution is 2.36. The summed E-state index contributed by atoms with van der Waals surface area (Å²) in [7, 11) is 0. The minimum absolute atomic E-state index is 0.0478. The van der Waals surface area contributed by atoms with Crippen LogP contribution in [0.5, 0.6) is 0 Å². The van der Waals surface area contributed by atoms with Crippen LogP contribution >= 0.6 is 11.8 Å². The number of pyridine rings is 1. The molecule has 0 fully saturated rings. The fourth-order valence-electron chi connectivity index (χ4n) is 2.80. The van der Waals surface area contributed by atoms with Crippen LogP contribution in [0.25, 0.3) is 0 Å². The van der Waals surface area contributed by atoms with Gasteiger partial charge in [0, 0.05) is 29.4 Å². The Morgan fingerprint density at radius 3 is 2.79 bits per heavy atom. The molecule has 0 radical (unpaired) electrons. The Morgan fingerprint density at radius 2 is 2.14 bits per heavy atom. The van der Waals surface area contributed by atoms with Crippen molar-refractivity contribution in [1.29, 1.82) is 5.26 Å². The summed E-state index contributed by atoms with van der Waals surface area (Å²) in [4.78, 5) is 20.3. The zero-order chi connectivity index (χ0) is 20.1. The predicted molar refractivity (Wildman–Crippen MR) is 106 cm³/mol. The maximum Gasteiger partial charge on any atom is 0.270 e. The number of hydrogen-bond donors (Lipinski definition) is 0.